The predicted octanol–water partition coefficient (Wildman–Crippen LogP) is 2.37. The number of rotatable bonds is 2. The van der Waals surface area contributed by atoms with E-state index in [1.807, 2.05) is 18.9 Å². The molecule has 1 aromatic carbocycles. The molecule has 1 unspecified atom stereocenters. The Bertz CT molecular complexity index is 1200. The van der Waals surface area contributed by atoms with Crippen LogP contribution < -0.4 is 0 Å². The lowest BCUT2D eigenvalue weighted by atomic mass is 9.85. The summed E-state index contributed by atoms with van der Waals surface area (Å²) >= 11 is 0. The van der Waals surface area contributed by atoms with E-state index >= 15 is 0 Å². The SMILES string of the molecule is Cc1c(F)cc2nc3c(c4c2c1CCC4)CN(C)/C3=C\C1=C(C=O)COC(=O)C1O. The van der Waals surface area contributed by atoms with Crippen LogP contribution in [0.15, 0.2) is 23.3 Å². The Balaban J connectivity index is 1.76. The molecule has 0 fully saturated rings. The second-order valence-corrected chi connectivity index (χ2v) is 8.12. The third-order valence-electron chi connectivity index (χ3n) is 6.41. The number of aldehydes is 1. The number of halogens is 1. The fraction of sp³-hybridized carbons (Fsp3) is 0.348. The van der Waals surface area contributed by atoms with Crippen LogP contribution in [0, 0.1) is 12.7 Å². The summed E-state index contributed by atoms with van der Waals surface area (Å²) in [5.74, 6) is -1.04. The number of benzene rings is 1. The first-order valence-electron chi connectivity index (χ1n) is 10.00. The van der Waals surface area contributed by atoms with Crippen molar-refractivity contribution in [3.05, 3.63) is 57.1 Å². The molecule has 1 aromatic heterocycles. The van der Waals surface area contributed by atoms with Gasteiger partial charge in [0.15, 0.2) is 6.10 Å². The predicted molar refractivity (Wildman–Crippen MR) is 108 cm³/mol. The number of aliphatic hydroxyl groups excluding tert-OH is 1. The van der Waals surface area contributed by atoms with Crippen molar-refractivity contribution in [2.75, 3.05) is 13.7 Å². The van der Waals surface area contributed by atoms with Crippen molar-refractivity contribution >= 4 is 28.9 Å². The highest BCUT2D eigenvalue weighted by atomic mass is 19.1. The Labute approximate surface area is 172 Å². The van der Waals surface area contributed by atoms with Crippen LogP contribution in [-0.4, -0.2) is 47.0 Å². The number of aryl methyl sites for hydroxylation is 2. The zero-order valence-corrected chi connectivity index (χ0v) is 16.8. The van der Waals surface area contributed by atoms with Gasteiger partial charge in [-0.1, -0.05) is 0 Å². The summed E-state index contributed by atoms with van der Waals surface area (Å²) in [7, 11) is 1.90. The Morgan fingerprint density at radius 1 is 1.30 bits per heavy atom. The normalized spacial score (nSPS) is 22.0. The first kappa shape index (κ1) is 18.9. The van der Waals surface area contributed by atoms with E-state index in [-0.39, 0.29) is 23.6 Å². The smallest absolute Gasteiger partial charge is 0.340 e. The summed E-state index contributed by atoms with van der Waals surface area (Å²) in [5.41, 5.74) is 6.49. The molecule has 0 saturated heterocycles. The van der Waals surface area contributed by atoms with Crippen LogP contribution in [0.25, 0.3) is 16.6 Å². The number of ether oxygens (including phenoxy) is 1. The second kappa shape index (κ2) is 6.74. The average Bonchev–Trinajstić information content (AvgIpc) is 3.05. The van der Waals surface area contributed by atoms with E-state index in [1.165, 1.54) is 11.6 Å². The molecule has 1 N–H and O–H groups in total. The zero-order chi connectivity index (χ0) is 21.2. The van der Waals surface area contributed by atoms with Gasteiger partial charge in [-0.25, -0.2) is 14.2 Å². The molecular weight excluding hydrogens is 387 g/mol. The van der Waals surface area contributed by atoms with E-state index in [1.54, 1.807) is 6.08 Å². The minimum Gasteiger partial charge on any atom is -0.459 e. The Morgan fingerprint density at radius 2 is 2.07 bits per heavy atom. The molecule has 3 aliphatic rings. The highest BCUT2D eigenvalue weighted by Gasteiger charge is 2.33. The number of esters is 1. The summed E-state index contributed by atoms with van der Waals surface area (Å²) in [6.45, 7) is 2.28. The van der Waals surface area contributed by atoms with E-state index in [2.05, 4.69) is 0 Å². The molecule has 1 atom stereocenters. The van der Waals surface area contributed by atoms with Crippen molar-refractivity contribution in [1.82, 2.24) is 9.88 Å². The number of hydrogen-bond donors (Lipinski definition) is 1. The molecule has 7 heteroatoms. The quantitative estimate of drug-likeness (QED) is 0.607. The molecule has 1 aliphatic carbocycles. The minimum absolute atomic E-state index is 0.167. The number of fused-ring (bicyclic) bond motifs is 2. The van der Waals surface area contributed by atoms with Crippen LogP contribution in [0.2, 0.25) is 0 Å². The molecule has 154 valence electrons. The van der Waals surface area contributed by atoms with Crippen LogP contribution >= 0.6 is 0 Å². The Hall–Kier alpha value is -3.06. The van der Waals surface area contributed by atoms with Crippen LogP contribution in [0.5, 0.6) is 0 Å². The Kier molecular flexibility index (Phi) is 4.25. The highest BCUT2D eigenvalue weighted by molar-refractivity contribution is 5.93. The third kappa shape index (κ3) is 2.61. The molecule has 6 nitrogen and oxygen atoms in total. The van der Waals surface area contributed by atoms with Crippen molar-refractivity contribution < 1.29 is 23.8 Å². The Morgan fingerprint density at radius 3 is 2.83 bits per heavy atom. The summed E-state index contributed by atoms with van der Waals surface area (Å²) in [4.78, 5) is 30.1. The van der Waals surface area contributed by atoms with Gasteiger partial charge in [0.25, 0.3) is 0 Å². The van der Waals surface area contributed by atoms with Gasteiger partial charge in [0.2, 0.25) is 0 Å². The molecule has 0 radical (unpaired) electrons. The number of carbonyl (C=O) groups is 2. The molecule has 0 spiro atoms. The maximum absolute atomic E-state index is 14.5. The molecule has 2 aliphatic heterocycles. The van der Waals surface area contributed by atoms with Crippen LogP contribution in [-0.2, 0) is 33.7 Å². The van der Waals surface area contributed by atoms with Crippen molar-refractivity contribution in [3.8, 4) is 0 Å². The highest BCUT2D eigenvalue weighted by Crippen LogP contribution is 2.41. The largest absolute Gasteiger partial charge is 0.459 e. The maximum atomic E-state index is 14.5. The van der Waals surface area contributed by atoms with Gasteiger partial charge >= 0.3 is 5.97 Å². The van der Waals surface area contributed by atoms with Crippen molar-refractivity contribution in [2.45, 2.75) is 38.8 Å². The summed E-state index contributed by atoms with van der Waals surface area (Å²) in [5, 5.41) is 11.4. The molecule has 5 rings (SSSR count). The van der Waals surface area contributed by atoms with Crippen LogP contribution in [0.1, 0.15) is 34.4 Å². The van der Waals surface area contributed by atoms with E-state index in [4.69, 9.17) is 9.72 Å². The number of aliphatic hydroxyl groups is 1. The fourth-order valence-corrected chi connectivity index (χ4v) is 4.82. The van der Waals surface area contributed by atoms with Gasteiger partial charge in [-0.05, 0) is 49.0 Å². The zero-order valence-electron chi connectivity index (χ0n) is 16.8. The monoisotopic (exact) mass is 408 g/mol. The average molecular weight is 408 g/mol. The topological polar surface area (TPSA) is 79.7 Å². The standard InChI is InChI=1S/C23H21FN2O4/c1-11-13-4-3-5-14-16-8-26(2)19(21(16)25-18(20(13)14)7-17(11)24)6-15-12(9-27)10-30-23(29)22(15)28/h6-7,9,22,28H,3-5,8,10H2,1-2H3/b19-6-. The first-order valence-corrected chi connectivity index (χ1v) is 10.00. The summed E-state index contributed by atoms with van der Waals surface area (Å²) < 4.78 is 19.4. The number of aromatic nitrogens is 1. The van der Waals surface area contributed by atoms with Gasteiger partial charge in [-0.2, -0.15) is 0 Å². The lowest BCUT2D eigenvalue weighted by Gasteiger charge is -2.22. The van der Waals surface area contributed by atoms with Crippen molar-refractivity contribution in [3.63, 3.8) is 0 Å². The number of hydrogen-bond acceptors (Lipinski definition) is 6. The van der Waals surface area contributed by atoms with Crippen molar-refractivity contribution in [2.24, 2.45) is 0 Å². The number of cyclic esters (lactones) is 1. The lowest BCUT2D eigenvalue weighted by molar-refractivity contribution is -0.151. The molecule has 0 saturated carbocycles. The molecule has 30 heavy (non-hydrogen) atoms. The summed E-state index contributed by atoms with van der Waals surface area (Å²) in [6.07, 6.45) is 3.42. The lowest BCUT2D eigenvalue weighted by Crippen LogP contribution is -2.32. The van der Waals surface area contributed by atoms with E-state index in [9.17, 15) is 19.1 Å². The molecule has 0 bridgehead atoms. The van der Waals surface area contributed by atoms with Crippen LogP contribution in [0.4, 0.5) is 4.39 Å². The molecule has 2 aromatic rings. The number of carbonyl (C=O) groups excluding carboxylic acids is 2. The number of pyridine rings is 1. The van der Waals surface area contributed by atoms with E-state index < -0.39 is 12.1 Å². The maximum Gasteiger partial charge on any atom is 0.340 e. The first-order chi connectivity index (χ1) is 14.4. The van der Waals surface area contributed by atoms with Crippen LogP contribution in [0.3, 0.4) is 0 Å². The van der Waals surface area contributed by atoms with Gasteiger partial charge in [0.05, 0.1) is 16.9 Å². The second-order valence-electron chi connectivity index (χ2n) is 8.12. The van der Waals surface area contributed by atoms with Gasteiger partial charge in [-0.15, -0.1) is 0 Å². The molecule has 0 amide bonds. The van der Waals surface area contributed by atoms with Gasteiger partial charge < -0.3 is 14.7 Å². The number of nitrogens with zero attached hydrogens (tertiary/aromatic N) is 2. The van der Waals surface area contributed by atoms with Gasteiger partial charge in [-0.3, -0.25) is 4.79 Å². The summed E-state index contributed by atoms with van der Waals surface area (Å²) in [6, 6.07) is 1.49. The van der Waals surface area contributed by atoms with E-state index in [0.717, 1.165) is 35.8 Å². The minimum atomic E-state index is -1.52. The van der Waals surface area contributed by atoms with Gasteiger partial charge in [0.1, 0.15) is 18.7 Å². The van der Waals surface area contributed by atoms with Gasteiger partial charge in [0, 0.05) is 41.8 Å². The third-order valence-corrected chi connectivity index (χ3v) is 6.41. The molecular formula is C23H21FN2O4. The fourth-order valence-electron chi connectivity index (χ4n) is 4.82. The van der Waals surface area contributed by atoms with E-state index in [0.29, 0.717) is 35.3 Å². The molecule has 3 heterocycles. The van der Waals surface area contributed by atoms with Crippen molar-refractivity contribution in [1.29, 1.82) is 0 Å².